The van der Waals surface area contributed by atoms with Crippen LogP contribution in [0.4, 0.5) is 5.69 Å². The predicted molar refractivity (Wildman–Crippen MR) is 81.2 cm³/mol. The fourth-order valence-electron chi connectivity index (χ4n) is 2.10. The molecule has 1 heterocycles. The lowest BCUT2D eigenvalue weighted by atomic mass is 10.2. The molecule has 0 spiro atoms. The Morgan fingerprint density at radius 1 is 1.55 bits per heavy atom. The van der Waals surface area contributed by atoms with Crippen molar-refractivity contribution in [3.05, 3.63) is 22.7 Å². The Morgan fingerprint density at radius 3 is 3.10 bits per heavy atom. The molecule has 2 N–H and O–H groups in total. The predicted octanol–water partition coefficient (Wildman–Crippen LogP) is 1.54. The van der Waals surface area contributed by atoms with Crippen LogP contribution in [0.25, 0.3) is 0 Å². The smallest absolute Gasteiger partial charge is 0.265 e. The summed E-state index contributed by atoms with van der Waals surface area (Å²) < 4.78 is 6.27. The average Bonchev–Trinajstić information content (AvgIpc) is 2.42. The summed E-state index contributed by atoms with van der Waals surface area (Å²) >= 11 is 3.39. The van der Waals surface area contributed by atoms with E-state index < -0.39 is 6.10 Å². The van der Waals surface area contributed by atoms with E-state index in [-0.39, 0.29) is 19.1 Å². The summed E-state index contributed by atoms with van der Waals surface area (Å²) in [5.74, 6) is 0.534. The van der Waals surface area contributed by atoms with Crippen LogP contribution in [0.5, 0.6) is 5.75 Å². The number of aliphatic hydroxyl groups excluding tert-OH is 1. The number of carbonyl (C=O) groups excluding carboxylic acids is 1. The molecule has 20 heavy (non-hydrogen) atoms. The lowest BCUT2D eigenvalue weighted by Gasteiger charge is -2.31. The van der Waals surface area contributed by atoms with E-state index in [1.165, 1.54) is 0 Å². The number of nitrogens with zero attached hydrogens (tertiary/aromatic N) is 1. The van der Waals surface area contributed by atoms with Crippen LogP contribution in [-0.2, 0) is 4.79 Å². The Bertz CT molecular complexity index is 481. The molecular weight excluding hydrogens is 324 g/mol. The van der Waals surface area contributed by atoms with Crippen molar-refractivity contribution in [2.24, 2.45) is 0 Å². The Balaban J connectivity index is 2.07. The van der Waals surface area contributed by atoms with Crippen molar-refractivity contribution in [3.63, 3.8) is 0 Å². The SMILES string of the molecule is CCCNCC(O)CN1C(=O)COc2ccc(Br)cc21. The van der Waals surface area contributed by atoms with E-state index >= 15 is 0 Å². The molecule has 0 bridgehead atoms. The number of nitrogens with one attached hydrogen (secondary N) is 1. The van der Waals surface area contributed by atoms with Gasteiger partial charge in [-0.05, 0) is 31.2 Å². The van der Waals surface area contributed by atoms with E-state index in [0.717, 1.165) is 17.4 Å². The van der Waals surface area contributed by atoms with E-state index in [9.17, 15) is 9.90 Å². The zero-order chi connectivity index (χ0) is 14.5. The van der Waals surface area contributed by atoms with Gasteiger partial charge in [0.05, 0.1) is 18.3 Å². The molecule has 0 aromatic heterocycles. The van der Waals surface area contributed by atoms with Crippen molar-refractivity contribution in [1.29, 1.82) is 0 Å². The minimum atomic E-state index is -0.601. The first-order chi connectivity index (χ1) is 9.61. The maximum atomic E-state index is 12.0. The van der Waals surface area contributed by atoms with Crippen LogP contribution in [0, 0.1) is 0 Å². The van der Waals surface area contributed by atoms with Gasteiger partial charge in [0.25, 0.3) is 5.91 Å². The van der Waals surface area contributed by atoms with Gasteiger partial charge in [0, 0.05) is 11.0 Å². The monoisotopic (exact) mass is 342 g/mol. The molecule has 2 rings (SSSR count). The minimum Gasteiger partial charge on any atom is -0.482 e. The van der Waals surface area contributed by atoms with E-state index in [4.69, 9.17) is 4.74 Å². The summed E-state index contributed by atoms with van der Waals surface area (Å²) in [6.45, 7) is 3.68. The highest BCUT2D eigenvalue weighted by atomic mass is 79.9. The molecule has 6 heteroatoms. The normalized spacial score (nSPS) is 15.8. The van der Waals surface area contributed by atoms with Crippen molar-refractivity contribution in [1.82, 2.24) is 5.32 Å². The summed E-state index contributed by atoms with van der Waals surface area (Å²) in [6.07, 6.45) is 0.411. The van der Waals surface area contributed by atoms with Crippen molar-refractivity contribution < 1.29 is 14.6 Å². The van der Waals surface area contributed by atoms with Gasteiger partial charge in [-0.15, -0.1) is 0 Å². The zero-order valence-corrected chi connectivity index (χ0v) is 13.0. The van der Waals surface area contributed by atoms with E-state index in [1.54, 1.807) is 4.90 Å². The van der Waals surface area contributed by atoms with Gasteiger partial charge in [0.1, 0.15) is 5.75 Å². The van der Waals surface area contributed by atoms with E-state index in [1.807, 2.05) is 18.2 Å². The standard InChI is InChI=1S/C14H19BrN2O3/c1-2-5-16-7-11(18)8-17-12-6-10(15)3-4-13(12)20-9-14(17)19/h3-4,6,11,16,18H,2,5,7-9H2,1H3. The Morgan fingerprint density at radius 2 is 2.35 bits per heavy atom. The summed E-state index contributed by atoms with van der Waals surface area (Å²) in [5, 5.41) is 13.2. The lowest BCUT2D eigenvalue weighted by Crippen LogP contribution is -2.45. The number of anilines is 1. The molecule has 1 aromatic rings. The highest BCUT2D eigenvalue weighted by Gasteiger charge is 2.27. The van der Waals surface area contributed by atoms with Crippen molar-refractivity contribution in [2.45, 2.75) is 19.4 Å². The second-order valence-corrected chi connectivity index (χ2v) is 5.68. The van der Waals surface area contributed by atoms with Crippen LogP contribution >= 0.6 is 15.9 Å². The molecule has 0 aliphatic carbocycles. The number of ether oxygens (including phenoxy) is 1. The quantitative estimate of drug-likeness (QED) is 0.769. The van der Waals surface area contributed by atoms with Crippen LogP contribution in [0.2, 0.25) is 0 Å². The van der Waals surface area contributed by atoms with E-state index in [2.05, 4.69) is 28.2 Å². The largest absolute Gasteiger partial charge is 0.482 e. The number of amides is 1. The number of carbonyl (C=O) groups is 1. The summed E-state index contributed by atoms with van der Waals surface area (Å²) in [7, 11) is 0. The summed E-state index contributed by atoms with van der Waals surface area (Å²) in [6, 6.07) is 5.52. The first-order valence-electron chi connectivity index (χ1n) is 6.73. The number of hydrogen-bond donors (Lipinski definition) is 2. The second-order valence-electron chi connectivity index (χ2n) is 4.76. The van der Waals surface area contributed by atoms with Gasteiger partial charge in [-0.2, -0.15) is 0 Å². The Hall–Kier alpha value is -1.11. The molecule has 1 aliphatic rings. The highest BCUT2D eigenvalue weighted by Crippen LogP contribution is 2.34. The molecule has 0 radical (unpaired) electrons. The van der Waals surface area contributed by atoms with Gasteiger partial charge in [-0.3, -0.25) is 4.79 Å². The molecule has 110 valence electrons. The summed E-state index contributed by atoms with van der Waals surface area (Å²) in [5.41, 5.74) is 0.699. The Labute approximate surface area is 127 Å². The molecule has 5 nitrogen and oxygen atoms in total. The van der Waals surface area contributed by atoms with Crippen molar-refractivity contribution in [3.8, 4) is 5.75 Å². The van der Waals surface area contributed by atoms with Gasteiger partial charge in [-0.1, -0.05) is 22.9 Å². The minimum absolute atomic E-state index is 0.0176. The molecule has 1 atom stereocenters. The number of aliphatic hydroxyl groups is 1. The molecule has 1 aliphatic heterocycles. The fourth-order valence-corrected chi connectivity index (χ4v) is 2.45. The van der Waals surface area contributed by atoms with Gasteiger partial charge in [0.2, 0.25) is 0 Å². The number of fused-ring (bicyclic) bond motifs is 1. The molecule has 1 unspecified atom stereocenters. The van der Waals surface area contributed by atoms with Crippen LogP contribution in [0.1, 0.15) is 13.3 Å². The summed E-state index contributed by atoms with van der Waals surface area (Å²) in [4.78, 5) is 13.6. The van der Waals surface area contributed by atoms with Crippen molar-refractivity contribution in [2.75, 3.05) is 31.1 Å². The molecule has 0 saturated carbocycles. The molecule has 1 aromatic carbocycles. The molecular formula is C14H19BrN2O3. The molecule has 1 amide bonds. The topological polar surface area (TPSA) is 61.8 Å². The molecule has 0 saturated heterocycles. The fraction of sp³-hybridized carbons (Fsp3) is 0.500. The van der Waals surface area contributed by atoms with Gasteiger partial charge >= 0.3 is 0 Å². The third-order valence-electron chi connectivity index (χ3n) is 3.06. The first kappa shape index (κ1) is 15.3. The van der Waals surface area contributed by atoms with Gasteiger partial charge < -0.3 is 20.1 Å². The number of hydrogen-bond acceptors (Lipinski definition) is 4. The lowest BCUT2D eigenvalue weighted by molar-refractivity contribution is -0.121. The third kappa shape index (κ3) is 3.71. The van der Waals surface area contributed by atoms with E-state index in [0.29, 0.717) is 18.0 Å². The highest BCUT2D eigenvalue weighted by molar-refractivity contribution is 9.10. The van der Waals surface area contributed by atoms with Gasteiger partial charge in [-0.25, -0.2) is 0 Å². The van der Waals surface area contributed by atoms with Crippen molar-refractivity contribution >= 4 is 27.5 Å². The Kier molecular flexibility index (Phi) is 5.39. The maximum Gasteiger partial charge on any atom is 0.265 e. The van der Waals surface area contributed by atoms with Crippen LogP contribution in [-0.4, -0.2) is 43.4 Å². The third-order valence-corrected chi connectivity index (χ3v) is 3.56. The van der Waals surface area contributed by atoms with Crippen LogP contribution in [0.3, 0.4) is 0 Å². The average molecular weight is 343 g/mol. The number of halogens is 1. The number of rotatable bonds is 6. The van der Waals surface area contributed by atoms with Crippen LogP contribution < -0.4 is 15.0 Å². The number of β-amino-alcohol motifs (C(OH)–C–C–N with tert-alkyl or cyclic N) is 1. The second kappa shape index (κ2) is 7.06. The first-order valence-corrected chi connectivity index (χ1v) is 7.52. The molecule has 0 fully saturated rings. The zero-order valence-electron chi connectivity index (χ0n) is 11.4. The maximum absolute atomic E-state index is 12.0. The number of benzene rings is 1. The van der Waals surface area contributed by atoms with Gasteiger partial charge in [0.15, 0.2) is 6.61 Å². The van der Waals surface area contributed by atoms with Crippen LogP contribution in [0.15, 0.2) is 22.7 Å².